The molecule has 0 saturated heterocycles. The molecule has 3 aliphatic rings. The van der Waals surface area contributed by atoms with E-state index in [4.69, 9.17) is 0 Å². The summed E-state index contributed by atoms with van der Waals surface area (Å²) in [5.74, 6) is -1.39. The average molecular weight is 447 g/mol. The van der Waals surface area contributed by atoms with Crippen molar-refractivity contribution in [2.24, 2.45) is 11.8 Å². The molecule has 0 saturated carbocycles. The van der Waals surface area contributed by atoms with Crippen molar-refractivity contribution in [1.29, 1.82) is 0 Å². The molecule has 0 bridgehead atoms. The van der Waals surface area contributed by atoms with Gasteiger partial charge in [-0.05, 0) is 47.9 Å². The largest absolute Gasteiger partial charge is 0.744 e. The lowest BCUT2D eigenvalue weighted by Crippen LogP contribution is -2.44. The molecular formula is C24H19N2O5S-. The number of hydrogen-bond donors (Lipinski definition) is 1. The molecule has 8 heteroatoms. The normalized spacial score (nSPS) is 21.8. The van der Waals surface area contributed by atoms with Gasteiger partial charge in [-0.25, -0.2) is 8.42 Å². The predicted molar refractivity (Wildman–Crippen MR) is 117 cm³/mol. The second kappa shape index (κ2) is 7.01. The van der Waals surface area contributed by atoms with Gasteiger partial charge >= 0.3 is 0 Å². The highest BCUT2D eigenvalue weighted by Crippen LogP contribution is 2.50. The van der Waals surface area contributed by atoms with E-state index in [0.29, 0.717) is 22.5 Å². The standard InChI is InChI=1S/C24H20N2O5S/c1-13-7-8-17(20(11-13)32(29,30)31)25-18-9-10-19-22-16(12-21(27)26(19)2)14-5-3-4-6-15(14)24(28)23(18)22/h3-12,22-23,25H,1-2H3,(H,29,30,31)/p-1. The monoisotopic (exact) mass is 447 g/mol. The second-order valence-electron chi connectivity index (χ2n) is 8.15. The third kappa shape index (κ3) is 3.03. The van der Waals surface area contributed by atoms with Crippen molar-refractivity contribution in [3.8, 4) is 0 Å². The van der Waals surface area contributed by atoms with Gasteiger partial charge in [0.25, 0.3) is 5.91 Å². The van der Waals surface area contributed by atoms with E-state index >= 15 is 0 Å². The maximum absolute atomic E-state index is 13.6. The molecule has 0 aromatic heterocycles. The molecule has 0 spiro atoms. The fraction of sp³-hybridized carbons (Fsp3) is 0.167. The van der Waals surface area contributed by atoms with Gasteiger partial charge in [-0.3, -0.25) is 9.59 Å². The van der Waals surface area contributed by atoms with Crippen LogP contribution in [0.2, 0.25) is 0 Å². The van der Waals surface area contributed by atoms with E-state index in [1.165, 1.54) is 17.0 Å². The number of ketones is 1. The maximum atomic E-state index is 13.6. The number of hydrogen-bond acceptors (Lipinski definition) is 6. The number of Topliss-reactive ketones (excluding diaryl/α,β-unsaturated/α-hetero) is 1. The van der Waals surface area contributed by atoms with Gasteiger partial charge < -0.3 is 14.8 Å². The topological polar surface area (TPSA) is 107 Å². The van der Waals surface area contributed by atoms with E-state index in [1.54, 1.807) is 50.4 Å². The van der Waals surface area contributed by atoms with Gasteiger partial charge in [-0.2, -0.15) is 0 Å². The maximum Gasteiger partial charge on any atom is 0.250 e. The molecule has 2 aliphatic carbocycles. The lowest BCUT2D eigenvalue weighted by molar-refractivity contribution is -0.123. The van der Waals surface area contributed by atoms with Crippen LogP contribution < -0.4 is 5.32 Å². The van der Waals surface area contributed by atoms with Crippen LogP contribution >= 0.6 is 0 Å². The summed E-state index contributed by atoms with van der Waals surface area (Å²) in [6.45, 7) is 1.70. The molecule has 2 aromatic carbocycles. The summed E-state index contributed by atoms with van der Waals surface area (Å²) in [7, 11) is -3.07. The van der Waals surface area contributed by atoms with Crippen LogP contribution in [-0.2, 0) is 14.9 Å². The van der Waals surface area contributed by atoms with Crippen molar-refractivity contribution in [2.45, 2.75) is 11.8 Å². The molecule has 2 aromatic rings. The fourth-order valence-corrected chi connectivity index (χ4v) is 5.43. The molecule has 2 atom stereocenters. The Hall–Kier alpha value is -3.49. The van der Waals surface area contributed by atoms with Crippen LogP contribution in [0.5, 0.6) is 0 Å². The molecule has 32 heavy (non-hydrogen) atoms. The number of anilines is 1. The van der Waals surface area contributed by atoms with Crippen LogP contribution in [0.1, 0.15) is 21.5 Å². The quantitative estimate of drug-likeness (QED) is 0.725. The third-order valence-corrected chi connectivity index (χ3v) is 7.10. The highest BCUT2D eigenvalue weighted by atomic mass is 32.2. The Kier molecular flexibility index (Phi) is 4.47. The van der Waals surface area contributed by atoms with Crippen molar-refractivity contribution in [1.82, 2.24) is 4.90 Å². The van der Waals surface area contributed by atoms with E-state index in [1.807, 2.05) is 12.1 Å². The number of nitrogens with one attached hydrogen (secondary N) is 1. The van der Waals surface area contributed by atoms with Gasteiger partial charge in [0.1, 0.15) is 10.1 Å². The van der Waals surface area contributed by atoms with E-state index in [0.717, 1.165) is 11.1 Å². The summed E-state index contributed by atoms with van der Waals surface area (Å²) in [5, 5.41) is 3.04. The summed E-state index contributed by atoms with van der Waals surface area (Å²) in [4.78, 5) is 27.3. The zero-order valence-corrected chi connectivity index (χ0v) is 18.1. The van der Waals surface area contributed by atoms with Gasteiger partial charge in [-0.1, -0.05) is 30.3 Å². The SMILES string of the molecule is Cc1ccc(NC2=CC=C3C4C(=CC(=O)N3C)c3ccccc3C(=O)C24)c(S(=O)(=O)[O-])c1. The smallest absolute Gasteiger partial charge is 0.250 e. The van der Waals surface area contributed by atoms with Crippen LogP contribution in [0.25, 0.3) is 5.57 Å². The van der Waals surface area contributed by atoms with Crippen LogP contribution in [0.15, 0.2) is 77.0 Å². The van der Waals surface area contributed by atoms with Crippen molar-refractivity contribution >= 4 is 33.1 Å². The van der Waals surface area contributed by atoms with Crippen molar-refractivity contribution in [3.63, 3.8) is 0 Å². The van der Waals surface area contributed by atoms with E-state index in [-0.39, 0.29) is 22.3 Å². The number of allylic oxidation sites excluding steroid dienone is 4. The second-order valence-corrected chi connectivity index (χ2v) is 9.50. The summed E-state index contributed by atoms with van der Waals surface area (Å²) in [6.07, 6.45) is 4.99. The summed E-state index contributed by atoms with van der Waals surface area (Å²) in [5.41, 5.74) is 3.91. The first-order chi connectivity index (χ1) is 15.2. The Morgan fingerprint density at radius 3 is 2.44 bits per heavy atom. The first-order valence-electron chi connectivity index (χ1n) is 10.0. The highest BCUT2D eigenvalue weighted by Gasteiger charge is 2.47. The molecular weight excluding hydrogens is 428 g/mol. The number of rotatable bonds is 3. The first kappa shape index (κ1) is 20.4. The third-order valence-electron chi connectivity index (χ3n) is 6.22. The molecule has 1 aliphatic heterocycles. The average Bonchev–Trinajstić information content (AvgIpc) is 2.75. The Labute approximate surface area is 185 Å². The van der Waals surface area contributed by atoms with Crippen LogP contribution in [0.4, 0.5) is 5.69 Å². The van der Waals surface area contributed by atoms with E-state index in [2.05, 4.69) is 5.32 Å². The molecule has 162 valence electrons. The molecule has 0 radical (unpaired) electrons. The van der Waals surface area contributed by atoms with Crippen LogP contribution in [0.3, 0.4) is 0 Å². The van der Waals surface area contributed by atoms with Crippen molar-refractivity contribution in [3.05, 3.63) is 88.8 Å². The van der Waals surface area contributed by atoms with Crippen molar-refractivity contribution in [2.75, 3.05) is 12.4 Å². The lowest BCUT2D eigenvalue weighted by atomic mass is 9.66. The van der Waals surface area contributed by atoms with Gasteiger partial charge in [-0.15, -0.1) is 0 Å². The Morgan fingerprint density at radius 1 is 1.00 bits per heavy atom. The summed E-state index contributed by atoms with van der Waals surface area (Å²) in [6, 6.07) is 11.7. The van der Waals surface area contributed by atoms with E-state index in [9.17, 15) is 22.6 Å². The molecule has 1 N–H and O–H groups in total. The number of benzene rings is 2. The zero-order valence-electron chi connectivity index (χ0n) is 17.3. The predicted octanol–water partition coefficient (Wildman–Crippen LogP) is 3.08. The van der Waals surface area contributed by atoms with Gasteiger partial charge in [0.05, 0.1) is 16.5 Å². The van der Waals surface area contributed by atoms with Gasteiger partial charge in [0.2, 0.25) is 0 Å². The lowest BCUT2D eigenvalue weighted by Gasteiger charge is -2.43. The van der Waals surface area contributed by atoms with Crippen LogP contribution in [0, 0.1) is 18.8 Å². The Morgan fingerprint density at radius 2 is 1.72 bits per heavy atom. The molecule has 0 fully saturated rings. The van der Waals surface area contributed by atoms with E-state index < -0.39 is 22.0 Å². The number of likely N-dealkylation sites (N-methyl/N-ethyl adjacent to an activating group) is 1. The summed E-state index contributed by atoms with van der Waals surface area (Å²) >= 11 is 0. The Bertz CT molecular complexity index is 1400. The molecule has 5 rings (SSSR count). The molecule has 2 unspecified atom stereocenters. The van der Waals surface area contributed by atoms with Crippen molar-refractivity contribution < 1.29 is 22.6 Å². The Balaban J connectivity index is 1.68. The zero-order chi connectivity index (χ0) is 22.8. The summed E-state index contributed by atoms with van der Waals surface area (Å²) < 4.78 is 35.5. The highest BCUT2D eigenvalue weighted by molar-refractivity contribution is 7.86. The number of carbonyl (C=O) groups excluding carboxylic acids is 2. The number of aryl methyl sites for hydroxylation is 1. The molecule has 1 heterocycles. The van der Waals surface area contributed by atoms with Gasteiger partial charge in [0.15, 0.2) is 5.78 Å². The minimum absolute atomic E-state index is 0.117. The minimum Gasteiger partial charge on any atom is -0.744 e. The first-order valence-corrected chi connectivity index (χ1v) is 11.5. The fourth-order valence-electron chi connectivity index (χ4n) is 4.71. The minimum atomic E-state index is -4.73. The number of amides is 1. The van der Waals surface area contributed by atoms with Gasteiger partial charge in [0, 0.05) is 36.0 Å². The van der Waals surface area contributed by atoms with Crippen LogP contribution in [-0.4, -0.2) is 36.6 Å². The number of nitrogens with zero attached hydrogens (tertiary/aromatic N) is 1. The molecule has 7 nitrogen and oxygen atoms in total. The number of fused-ring (bicyclic) bond motifs is 2. The molecule has 1 amide bonds. The number of carbonyl (C=O) groups is 2.